The molecule has 0 unspecified atom stereocenters. The molecule has 0 fully saturated rings. The minimum atomic E-state index is -0.0909. The Morgan fingerprint density at radius 1 is 1.10 bits per heavy atom. The summed E-state index contributed by atoms with van der Waals surface area (Å²) in [6.07, 6.45) is 9.28. The number of nitrogens with zero attached hydrogens (tertiary/aromatic N) is 5. The molecule has 1 aromatic carbocycles. The van der Waals surface area contributed by atoms with E-state index in [2.05, 4.69) is 17.0 Å². The lowest BCUT2D eigenvalue weighted by Gasteiger charge is -2.00. The topological polar surface area (TPSA) is 92.3 Å². The van der Waals surface area contributed by atoms with E-state index < -0.39 is 0 Å². The highest BCUT2D eigenvalue weighted by Crippen LogP contribution is 2.23. The van der Waals surface area contributed by atoms with Crippen LogP contribution in [0.25, 0.3) is 33.2 Å². The first kappa shape index (κ1) is 19.2. The van der Waals surface area contributed by atoms with Crippen LogP contribution in [0.2, 0.25) is 0 Å². The summed E-state index contributed by atoms with van der Waals surface area (Å²) < 4.78 is 8.70. The van der Waals surface area contributed by atoms with Crippen LogP contribution in [0.5, 0.6) is 0 Å². The highest BCUT2D eigenvalue weighted by molar-refractivity contribution is 6.03. The molecule has 0 saturated carbocycles. The Hall–Kier alpha value is -3.81. The van der Waals surface area contributed by atoms with Crippen molar-refractivity contribution in [2.75, 3.05) is 0 Å². The van der Waals surface area contributed by atoms with Crippen molar-refractivity contribution in [3.63, 3.8) is 0 Å². The fourth-order valence-corrected chi connectivity index (χ4v) is 3.77. The summed E-state index contributed by atoms with van der Waals surface area (Å²) in [6, 6.07) is 11.2. The maximum Gasteiger partial charge on any atom is 0.322 e. The van der Waals surface area contributed by atoms with E-state index in [-0.39, 0.29) is 5.56 Å². The fourth-order valence-electron chi connectivity index (χ4n) is 3.77. The van der Waals surface area contributed by atoms with Crippen LogP contribution in [-0.4, -0.2) is 25.4 Å². The molecule has 0 bridgehead atoms. The van der Waals surface area contributed by atoms with E-state index in [1.807, 2.05) is 30.3 Å². The zero-order valence-corrected chi connectivity index (χ0v) is 17.3. The van der Waals surface area contributed by atoms with Gasteiger partial charge in [0.15, 0.2) is 11.7 Å². The molecule has 5 aromatic rings. The van der Waals surface area contributed by atoms with Crippen molar-refractivity contribution in [2.45, 2.75) is 39.2 Å². The SMILES string of the molecule is CCCCCCn1c[nH+]c2c(c1=O)c1nc3ccccc3nc1n2/N=C/c1ccco1. The maximum atomic E-state index is 13.4. The molecule has 1 N–H and O–H groups in total. The molecule has 0 aliphatic carbocycles. The van der Waals surface area contributed by atoms with E-state index in [9.17, 15) is 4.79 Å². The molecule has 31 heavy (non-hydrogen) atoms. The second-order valence-electron chi connectivity index (χ2n) is 7.51. The maximum absolute atomic E-state index is 13.4. The average molecular weight is 415 g/mol. The van der Waals surface area contributed by atoms with Gasteiger partial charge >= 0.3 is 5.56 Å². The van der Waals surface area contributed by atoms with E-state index in [1.54, 1.807) is 34.1 Å². The molecule has 0 saturated heterocycles. The molecule has 0 amide bonds. The van der Waals surface area contributed by atoms with E-state index in [0.29, 0.717) is 34.5 Å². The van der Waals surface area contributed by atoms with Crippen LogP contribution in [0.15, 0.2) is 63.3 Å². The quantitative estimate of drug-likeness (QED) is 0.299. The van der Waals surface area contributed by atoms with Crippen LogP contribution in [-0.2, 0) is 6.54 Å². The largest absolute Gasteiger partial charge is 0.463 e. The number of hydrogen-bond donors (Lipinski definition) is 0. The number of aromatic nitrogens is 5. The smallest absolute Gasteiger partial charge is 0.322 e. The van der Waals surface area contributed by atoms with Crippen molar-refractivity contribution in [3.05, 3.63) is 65.1 Å². The van der Waals surface area contributed by atoms with Crippen molar-refractivity contribution in [3.8, 4) is 0 Å². The molecular formula is C23H23N6O2+. The summed E-state index contributed by atoms with van der Waals surface area (Å²) in [7, 11) is 0. The highest BCUT2D eigenvalue weighted by atomic mass is 16.3. The van der Waals surface area contributed by atoms with Gasteiger partial charge in [0.05, 0.1) is 23.8 Å². The van der Waals surface area contributed by atoms with Gasteiger partial charge in [-0.3, -0.25) is 0 Å². The Labute approximate surface area is 177 Å². The Morgan fingerprint density at radius 3 is 2.71 bits per heavy atom. The Morgan fingerprint density at radius 2 is 1.94 bits per heavy atom. The molecule has 0 spiro atoms. The van der Waals surface area contributed by atoms with Gasteiger partial charge in [-0.05, 0) is 30.7 Å². The second kappa shape index (κ2) is 8.14. The molecular weight excluding hydrogens is 392 g/mol. The Bertz CT molecular complexity index is 1450. The lowest BCUT2D eigenvalue weighted by molar-refractivity contribution is -0.357. The van der Waals surface area contributed by atoms with Crippen LogP contribution < -0.4 is 10.5 Å². The van der Waals surface area contributed by atoms with Gasteiger partial charge in [0.1, 0.15) is 17.5 Å². The predicted molar refractivity (Wildman–Crippen MR) is 119 cm³/mol. The fraction of sp³-hybridized carbons (Fsp3) is 0.261. The third-order valence-corrected chi connectivity index (χ3v) is 5.37. The molecule has 8 heteroatoms. The molecule has 0 atom stereocenters. The summed E-state index contributed by atoms with van der Waals surface area (Å²) in [6.45, 7) is 2.84. The average Bonchev–Trinajstić information content (AvgIpc) is 3.41. The van der Waals surface area contributed by atoms with E-state index in [1.165, 1.54) is 6.42 Å². The Kier molecular flexibility index (Phi) is 5.03. The van der Waals surface area contributed by atoms with Crippen LogP contribution in [0.4, 0.5) is 0 Å². The number of aryl methyl sites for hydroxylation is 1. The van der Waals surface area contributed by atoms with E-state index in [4.69, 9.17) is 14.4 Å². The highest BCUT2D eigenvalue weighted by Gasteiger charge is 2.24. The number of aromatic amines is 1. The number of furan rings is 1. The van der Waals surface area contributed by atoms with Crippen LogP contribution in [0, 0.1) is 0 Å². The number of nitrogens with one attached hydrogen (secondary N) is 1. The van der Waals surface area contributed by atoms with Gasteiger partial charge in [0.2, 0.25) is 5.65 Å². The molecule has 8 nitrogen and oxygen atoms in total. The normalized spacial score (nSPS) is 12.0. The summed E-state index contributed by atoms with van der Waals surface area (Å²) in [4.78, 5) is 26.2. The summed E-state index contributed by atoms with van der Waals surface area (Å²) >= 11 is 0. The van der Waals surface area contributed by atoms with Crippen LogP contribution >= 0.6 is 0 Å². The van der Waals surface area contributed by atoms with Crippen molar-refractivity contribution in [1.29, 1.82) is 0 Å². The monoisotopic (exact) mass is 415 g/mol. The number of unbranched alkanes of at least 4 members (excludes halogenated alkanes) is 3. The minimum Gasteiger partial charge on any atom is -0.463 e. The van der Waals surface area contributed by atoms with Crippen LogP contribution in [0.3, 0.4) is 0 Å². The first-order valence-corrected chi connectivity index (χ1v) is 10.6. The lowest BCUT2D eigenvalue weighted by atomic mass is 10.2. The van der Waals surface area contributed by atoms with Gasteiger partial charge in [-0.15, -0.1) is 9.78 Å². The molecule has 5 rings (SSSR count). The van der Waals surface area contributed by atoms with Gasteiger partial charge in [0, 0.05) is 0 Å². The molecule has 0 aliphatic rings. The molecule has 0 aliphatic heterocycles. The predicted octanol–water partition coefficient (Wildman–Crippen LogP) is 3.77. The Balaban J connectivity index is 1.72. The van der Waals surface area contributed by atoms with Crippen molar-refractivity contribution >= 4 is 39.4 Å². The summed E-state index contributed by atoms with van der Waals surface area (Å²) in [5.74, 6) is 0.605. The number of rotatable bonds is 7. The molecule has 4 heterocycles. The van der Waals surface area contributed by atoms with Crippen molar-refractivity contribution < 1.29 is 9.40 Å². The van der Waals surface area contributed by atoms with Gasteiger partial charge in [-0.1, -0.05) is 38.3 Å². The first-order chi connectivity index (χ1) is 15.3. The van der Waals surface area contributed by atoms with E-state index in [0.717, 1.165) is 30.3 Å². The zero-order chi connectivity index (χ0) is 21.2. The summed E-state index contributed by atoms with van der Waals surface area (Å²) in [5.41, 5.74) is 3.01. The first-order valence-electron chi connectivity index (χ1n) is 10.6. The number of H-pyrrole nitrogens is 1. The van der Waals surface area contributed by atoms with E-state index >= 15 is 0 Å². The van der Waals surface area contributed by atoms with Crippen molar-refractivity contribution in [1.82, 2.24) is 19.2 Å². The van der Waals surface area contributed by atoms with Gasteiger partial charge < -0.3 is 4.42 Å². The third-order valence-electron chi connectivity index (χ3n) is 5.37. The van der Waals surface area contributed by atoms with Crippen molar-refractivity contribution in [2.24, 2.45) is 5.10 Å². The molecule has 4 aromatic heterocycles. The van der Waals surface area contributed by atoms with Gasteiger partial charge in [-0.25, -0.2) is 24.3 Å². The number of benzene rings is 1. The van der Waals surface area contributed by atoms with Crippen LogP contribution in [0.1, 0.15) is 38.4 Å². The third kappa shape index (κ3) is 3.50. The number of hydrogen-bond acceptors (Lipinski definition) is 5. The second-order valence-corrected chi connectivity index (χ2v) is 7.51. The standard InChI is InChI=1S/C23H22N6O2/c1-2-3-4-7-12-28-15-24-21-19(23(28)30)20-22(27-18-11-6-5-10-17(18)26-20)29(21)25-14-16-9-8-13-31-16/h5-6,8-11,13-15H,2-4,7,12H2,1H3/p+1/b25-14+. The molecule has 0 radical (unpaired) electrons. The number of para-hydroxylation sites is 2. The molecule has 156 valence electrons. The zero-order valence-electron chi connectivity index (χ0n) is 17.3. The summed E-state index contributed by atoms with van der Waals surface area (Å²) in [5, 5.41) is 5.03. The van der Waals surface area contributed by atoms with Gasteiger partial charge in [-0.2, -0.15) is 0 Å². The lowest BCUT2D eigenvalue weighted by Crippen LogP contribution is -2.26. The minimum absolute atomic E-state index is 0.0909. The van der Waals surface area contributed by atoms with Gasteiger partial charge in [0.25, 0.3) is 5.65 Å². The number of fused-ring (bicyclic) bond motifs is 4.